The fraction of sp³-hybridized carbons (Fsp3) is 0.176. The minimum atomic E-state index is -3.79. The van der Waals surface area contributed by atoms with Crippen molar-refractivity contribution in [3.05, 3.63) is 58.4 Å². The zero-order chi connectivity index (χ0) is 18.9. The Balaban J connectivity index is 1.82. The fourth-order valence-electron chi connectivity index (χ4n) is 2.42. The van der Waals surface area contributed by atoms with Crippen LogP contribution in [0.1, 0.15) is 29.0 Å². The number of thiazole rings is 1. The highest BCUT2D eigenvalue weighted by molar-refractivity contribution is 7.89. The highest BCUT2D eigenvalue weighted by Gasteiger charge is 2.22. The van der Waals surface area contributed by atoms with Crippen molar-refractivity contribution >= 4 is 38.6 Å². The number of carbonyl (C=O) groups excluding carboxylic acids is 1. The Bertz CT molecular complexity index is 1030. The number of nitrogens with zero attached hydrogens (tertiary/aromatic N) is 2. The standard InChI is InChI=1S/C17H17N3O3S3/c1-11(12-5-3-6-13(9-12)26(18,22)23)20(2)17(21)14-10-25-16(19-14)15-7-4-8-24-15/h3-11H,1-2H3,(H2,18,22,23). The van der Waals surface area contributed by atoms with Gasteiger partial charge in [-0.1, -0.05) is 18.2 Å². The van der Waals surface area contributed by atoms with Gasteiger partial charge in [-0.3, -0.25) is 4.79 Å². The molecule has 0 aliphatic heterocycles. The van der Waals surface area contributed by atoms with E-state index in [0.717, 1.165) is 9.88 Å². The molecule has 3 aromatic rings. The van der Waals surface area contributed by atoms with Crippen LogP contribution in [-0.2, 0) is 10.0 Å². The summed E-state index contributed by atoms with van der Waals surface area (Å²) in [7, 11) is -2.12. The van der Waals surface area contributed by atoms with E-state index >= 15 is 0 Å². The molecule has 1 amide bonds. The first-order chi connectivity index (χ1) is 12.3. The third-order valence-electron chi connectivity index (χ3n) is 4.03. The molecule has 1 unspecified atom stereocenters. The molecule has 0 aliphatic carbocycles. The van der Waals surface area contributed by atoms with E-state index in [9.17, 15) is 13.2 Å². The van der Waals surface area contributed by atoms with Crippen LogP contribution < -0.4 is 5.14 Å². The normalized spacial score (nSPS) is 12.7. The van der Waals surface area contributed by atoms with Gasteiger partial charge in [0.25, 0.3) is 5.91 Å². The largest absolute Gasteiger partial charge is 0.334 e. The van der Waals surface area contributed by atoms with E-state index in [1.54, 1.807) is 35.9 Å². The molecule has 2 N–H and O–H groups in total. The third-order valence-corrected chi connectivity index (χ3v) is 6.82. The molecular weight excluding hydrogens is 390 g/mol. The minimum Gasteiger partial charge on any atom is -0.334 e. The molecule has 0 saturated carbocycles. The van der Waals surface area contributed by atoms with Gasteiger partial charge >= 0.3 is 0 Å². The molecule has 0 spiro atoms. The van der Waals surface area contributed by atoms with Gasteiger partial charge in [0.2, 0.25) is 10.0 Å². The maximum absolute atomic E-state index is 12.8. The molecule has 0 fully saturated rings. The molecule has 2 aromatic heterocycles. The number of hydrogen-bond acceptors (Lipinski definition) is 6. The van der Waals surface area contributed by atoms with E-state index in [0.29, 0.717) is 11.3 Å². The summed E-state index contributed by atoms with van der Waals surface area (Å²) in [5.74, 6) is -0.224. The van der Waals surface area contributed by atoms with Gasteiger partial charge in [-0.25, -0.2) is 18.5 Å². The lowest BCUT2D eigenvalue weighted by molar-refractivity contribution is 0.0737. The maximum atomic E-state index is 12.8. The smallest absolute Gasteiger partial charge is 0.273 e. The Hall–Kier alpha value is -2.07. The second kappa shape index (κ2) is 7.28. The number of sulfonamides is 1. The SMILES string of the molecule is CC(c1cccc(S(N)(=O)=O)c1)N(C)C(=O)c1csc(-c2cccs2)n1. The van der Waals surface area contributed by atoms with Gasteiger partial charge in [-0.05, 0) is 36.1 Å². The predicted molar refractivity (Wildman–Crippen MR) is 104 cm³/mol. The zero-order valence-electron chi connectivity index (χ0n) is 14.1. The Kier molecular flexibility index (Phi) is 5.24. The highest BCUT2D eigenvalue weighted by atomic mass is 32.2. The van der Waals surface area contributed by atoms with E-state index in [-0.39, 0.29) is 16.8 Å². The summed E-state index contributed by atoms with van der Waals surface area (Å²) in [5, 5.41) is 9.69. The van der Waals surface area contributed by atoms with Crippen LogP contribution in [0.4, 0.5) is 0 Å². The van der Waals surface area contributed by atoms with Crippen molar-refractivity contribution in [3.63, 3.8) is 0 Å². The van der Waals surface area contributed by atoms with Gasteiger partial charge in [0.05, 0.1) is 15.8 Å². The minimum absolute atomic E-state index is 0.0244. The van der Waals surface area contributed by atoms with E-state index in [1.165, 1.54) is 28.4 Å². The molecule has 136 valence electrons. The number of hydrogen-bond donors (Lipinski definition) is 1. The Labute approximate surface area is 160 Å². The second-order valence-electron chi connectivity index (χ2n) is 5.72. The highest BCUT2D eigenvalue weighted by Crippen LogP contribution is 2.29. The second-order valence-corrected chi connectivity index (χ2v) is 9.09. The molecule has 0 saturated heterocycles. The van der Waals surface area contributed by atoms with E-state index in [2.05, 4.69) is 4.98 Å². The van der Waals surface area contributed by atoms with E-state index in [4.69, 9.17) is 5.14 Å². The molecule has 3 rings (SSSR count). The molecule has 1 aromatic carbocycles. The van der Waals surface area contributed by atoms with Crippen LogP contribution in [-0.4, -0.2) is 31.3 Å². The first-order valence-electron chi connectivity index (χ1n) is 7.66. The van der Waals surface area contributed by atoms with Crippen molar-refractivity contribution in [3.8, 4) is 9.88 Å². The van der Waals surface area contributed by atoms with Crippen molar-refractivity contribution in [1.82, 2.24) is 9.88 Å². The monoisotopic (exact) mass is 407 g/mol. The van der Waals surface area contributed by atoms with E-state index < -0.39 is 10.0 Å². The number of aromatic nitrogens is 1. The molecule has 2 heterocycles. The number of nitrogens with two attached hydrogens (primary N) is 1. The van der Waals surface area contributed by atoms with Crippen LogP contribution in [0.5, 0.6) is 0 Å². The molecule has 1 atom stereocenters. The lowest BCUT2D eigenvalue weighted by Crippen LogP contribution is -2.30. The molecule has 0 aliphatic rings. The third kappa shape index (κ3) is 3.85. The maximum Gasteiger partial charge on any atom is 0.273 e. The molecule has 6 nitrogen and oxygen atoms in total. The number of carbonyl (C=O) groups is 1. The van der Waals surface area contributed by atoms with Crippen LogP contribution in [0.2, 0.25) is 0 Å². The quantitative estimate of drug-likeness (QED) is 0.702. The van der Waals surface area contributed by atoms with Gasteiger partial charge < -0.3 is 4.90 Å². The van der Waals surface area contributed by atoms with Crippen LogP contribution in [0.15, 0.2) is 52.1 Å². The average Bonchev–Trinajstić information content (AvgIpc) is 3.30. The van der Waals surface area contributed by atoms with Gasteiger partial charge in [-0.15, -0.1) is 22.7 Å². The van der Waals surface area contributed by atoms with Gasteiger partial charge in [-0.2, -0.15) is 0 Å². The topological polar surface area (TPSA) is 93.4 Å². The van der Waals surface area contributed by atoms with Crippen LogP contribution >= 0.6 is 22.7 Å². The molecule has 0 bridgehead atoms. The summed E-state index contributed by atoms with van der Waals surface area (Å²) in [6.45, 7) is 1.83. The molecule has 0 radical (unpaired) electrons. The Morgan fingerprint density at radius 3 is 2.65 bits per heavy atom. The summed E-state index contributed by atoms with van der Waals surface area (Å²) in [6, 6.07) is 9.86. The van der Waals surface area contributed by atoms with Crippen molar-refractivity contribution in [2.75, 3.05) is 7.05 Å². The molecule has 26 heavy (non-hydrogen) atoms. The zero-order valence-corrected chi connectivity index (χ0v) is 16.6. The first kappa shape index (κ1) is 18.7. The molecule has 9 heteroatoms. The summed E-state index contributed by atoms with van der Waals surface area (Å²) in [5.41, 5.74) is 1.05. The van der Waals surface area contributed by atoms with E-state index in [1.807, 2.05) is 24.4 Å². The number of rotatable bonds is 5. The molecular formula is C17H17N3O3S3. The Morgan fingerprint density at radius 1 is 1.23 bits per heavy atom. The number of thiophene rings is 1. The summed E-state index contributed by atoms with van der Waals surface area (Å²) in [6.07, 6.45) is 0. The lowest BCUT2D eigenvalue weighted by Gasteiger charge is -2.25. The van der Waals surface area contributed by atoms with Crippen LogP contribution in [0, 0.1) is 0 Å². The summed E-state index contributed by atoms with van der Waals surface area (Å²) < 4.78 is 23.1. The number of benzene rings is 1. The fourth-order valence-corrected chi connectivity index (χ4v) is 4.59. The first-order valence-corrected chi connectivity index (χ1v) is 11.0. The van der Waals surface area contributed by atoms with Gasteiger partial charge in [0.1, 0.15) is 10.7 Å². The van der Waals surface area contributed by atoms with Gasteiger partial charge in [0.15, 0.2) is 0 Å². The van der Waals surface area contributed by atoms with Crippen molar-refractivity contribution in [1.29, 1.82) is 0 Å². The predicted octanol–water partition coefficient (Wildman–Crippen LogP) is 3.35. The summed E-state index contributed by atoms with van der Waals surface area (Å²) >= 11 is 2.99. The van der Waals surface area contributed by atoms with Crippen molar-refractivity contribution in [2.24, 2.45) is 5.14 Å². The summed E-state index contributed by atoms with van der Waals surface area (Å²) in [4.78, 5) is 19.8. The van der Waals surface area contributed by atoms with Crippen LogP contribution in [0.3, 0.4) is 0 Å². The Morgan fingerprint density at radius 2 is 2.00 bits per heavy atom. The number of primary sulfonamides is 1. The average molecular weight is 408 g/mol. The number of amides is 1. The lowest BCUT2D eigenvalue weighted by atomic mass is 10.1. The van der Waals surface area contributed by atoms with Gasteiger partial charge in [0, 0.05) is 12.4 Å². The van der Waals surface area contributed by atoms with Crippen molar-refractivity contribution < 1.29 is 13.2 Å². The van der Waals surface area contributed by atoms with Crippen molar-refractivity contribution in [2.45, 2.75) is 17.9 Å². The van der Waals surface area contributed by atoms with Crippen LogP contribution in [0.25, 0.3) is 9.88 Å².